The maximum Gasteiger partial charge on any atom is 0.317 e. The summed E-state index contributed by atoms with van der Waals surface area (Å²) in [5.41, 5.74) is -1.52. The maximum atomic E-state index is 11.7. The van der Waals surface area contributed by atoms with Crippen LogP contribution in [0.3, 0.4) is 0 Å². The monoisotopic (exact) mass is 290 g/mol. The Hall–Kier alpha value is -1.83. The van der Waals surface area contributed by atoms with Crippen LogP contribution in [-0.2, 0) is 14.3 Å². The lowest BCUT2D eigenvalue weighted by Crippen LogP contribution is -2.46. The number of nitrogens with zero attached hydrogens (tertiary/aromatic N) is 1. The van der Waals surface area contributed by atoms with Crippen molar-refractivity contribution in [2.45, 2.75) is 32.3 Å². The lowest BCUT2D eigenvalue weighted by molar-refractivity contribution is -0.143. The molecule has 0 aliphatic carbocycles. The lowest BCUT2D eigenvalue weighted by Gasteiger charge is -2.24. The van der Waals surface area contributed by atoms with E-state index in [2.05, 4.69) is 5.32 Å². The van der Waals surface area contributed by atoms with Crippen LogP contribution < -0.4 is 5.32 Å². The third-order valence-electron chi connectivity index (χ3n) is 2.46. The van der Waals surface area contributed by atoms with Crippen LogP contribution in [0.2, 0.25) is 0 Å². The quantitative estimate of drug-likeness (QED) is 0.533. The summed E-state index contributed by atoms with van der Waals surface area (Å²) < 4.78 is 4.73. The van der Waals surface area contributed by atoms with E-state index in [0.717, 1.165) is 0 Å². The molecule has 0 spiro atoms. The molecule has 0 radical (unpaired) electrons. The Morgan fingerprint density at radius 2 is 1.95 bits per heavy atom. The summed E-state index contributed by atoms with van der Waals surface area (Å²) in [7, 11) is 1.49. The average Bonchev–Trinajstić information content (AvgIpc) is 2.32. The highest BCUT2D eigenvalue weighted by Crippen LogP contribution is 2.07. The van der Waals surface area contributed by atoms with Gasteiger partial charge in [-0.3, -0.25) is 9.59 Å². The number of amides is 2. The first-order valence-corrected chi connectivity index (χ1v) is 6.26. The molecule has 0 fully saturated rings. The SMILES string of the molecule is CCOC(=O)CCN(C)C(=O)NCC(C)(O)CC(=O)O. The number of nitrogens with one attached hydrogen (secondary N) is 1. The second kappa shape index (κ2) is 8.36. The molecule has 0 bridgehead atoms. The molecule has 0 aromatic carbocycles. The molecule has 116 valence electrons. The molecule has 0 aromatic heterocycles. The number of carbonyl (C=O) groups excluding carboxylic acids is 2. The topological polar surface area (TPSA) is 116 Å². The van der Waals surface area contributed by atoms with E-state index in [1.165, 1.54) is 18.9 Å². The molecule has 0 aromatic rings. The van der Waals surface area contributed by atoms with Gasteiger partial charge in [0.1, 0.15) is 0 Å². The maximum absolute atomic E-state index is 11.7. The molecule has 1 atom stereocenters. The zero-order chi connectivity index (χ0) is 15.8. The average molecular weight is 290 g/mol. The normalized spacial score (nSPS) is 13.2. The molecule has 0 aliphatic rings. The number of aliphatic carboxylic acids is 1. The van der Waals surface area contributed by atoms with E-state index in [-0.39, 0.29) is 26.1 Å². The van der Waals surface area contributed by atoms with E-state index in [1.54, 1.807) is 6.92 Å². The van der Waals surface area contributed by atoms with Crippen molar-refractivity contribution in [2.75, 3.05) is 26.7 Å². The molecular formula is C12H22N2O6. The third-order valence-corrected chi connectivity index (χ3v) is 2.46. The largest absolute Gasteiger partial charge is 0.481 e. The predicted molar refractivity (Wildman–Crippen MR) is 70.2 cm³/mol. The number of carbonyl (C=O) groups is 3. The molecule has 0 aliphatic heterocycles. The van der Waals surface area contributed by atoms with Crippen molar-refractivity contribution < 1.29 is 29.3 Å². The Balaban J connectivity index is 4.08. The highest BCUT2D eigenvalue weighted by molar-refractivity contribution is 5.75. The van der Waals surface area contributed by atoms with Gasteiger partial charge in [-0.1, -0.05) is 0 Å². The van der Waals surface area contributed by atoms with Crippen LogP contribution in [-0.4, -0.2) is 65.4 Å². The van der Waals surface area contributed by atoms with Crippen LogP contribution in [0.15, 0.2) is 0 Å². The van der Waals surface area contributed by atoms with Crippen LogP contribution in [0.5, 0.6) is 0 Å². The number of hydrogen-bond donors (Lipinski definition) is 3. The van der Waals surface area contributed by atoms with Gasteiger partial charge in [0.25, 0.3) is 0 Å². The number of carboxylic acid groups (broad SMARTS) is 1. The molecule has 0 saturated heterocycles. The molecular weight excluding hydrogens is 268 g/mol. The van der Waals surface area contributed by atoms with E-state index < -0.39 is 30.0 Å². The van der Waals surface area contributed by atoms with E-state index in [4.69, 9.17) is 9.84 Å². The third kappa shape index (κ3) is 8.30. The molecule has 20 heavy (non-hydrogen) atoms. The first kappa shape index (κ1) is 18.2. The first-order chi connectivity index (χ1) is 9.18. The molecule has 1 unspecified atom stereocenters. The molecule has 3 N–H and O–H groups in total. The zero-order valence-electron chi connectivity index (χ0n) is 12.0. The van der Waals surface area contributed by atoms with Crippen LogP contribution in [0.1, 0.15) is 26.7 Å². The number of aliphatic hydroxyl groups is 1. The van der Waals surface area contributed by atoms with Crippen LogP contribution >= 0.6 is 0 Å². The molecule has 0 heterocycles. The fourth-order valence-electron chi connectivity index (χ4n) is 1.38. The van der Waals surface area contributed by atoms with Crippen molar-refractivity contribution in [3.8, 4) is 0 Å². The van der Waals surface area contributed by atoms with Crippen molar-refractivity contribution in [1.82, 2.24) is 10.2 Å². The second-order valence-corrected chi connectivity index (χ2v) is 4.70. The highest BCUT2D eigenvalue weighted by atomic mass is 16.5. The van der Waals surface area contributed by atoms with Gasteiger partial charge in [-0.2, -0.15) is 0 Å². The van der Waals surface area contributed by atoms with E-state index in [1.807, 2.05) is 0 Å². The number of rotatable bonds is 8. The van der Waals surface area contributed by atoms with Gasteiger partial charge in [-0.15, -0.1) is 0 Å². The molecule has 2 amide bonds. The van der Waals surface area contributed by atoms with Gasteiger partial charge in [0, 0.05) is 20.1 Å². The summed E-state index contributed by atoms with van der Waals surface area (Å²) in [4.78, 5) is 34.5. The van der Waals surface area contributed by atoms with Crippen LogP contribution in [0.25, 0.3) is 0 Å². The molecule has 8 heteroatoms. The molecule has 0 rings (SSSR count). The van der Waals surface area contributed by atoms with E-state index >= 15 is 0 Å². The number of ether oxygens (including phenoxy) is 1. The van der Waals surface area contributed by atoms with Gasteiger partial charge in [0.2, 0.25) is 0 Å². The van der Waals surface area contributed by atoms with E-state index in [0.29, 0.717) is 0 Å². The van der Waals surface area contributed by atoms with Gasteiger partial charge in [0.05, 0.1) is 25.0 Å². The summed E-state index contributed by atoms with van der Waals surface area (Å²) in [6, 6.07) is -0.500. The minimum atomic E-state index is -1.52. The van der Waals surface area contributed by atoms with Crippen molar-refractivity contribution in [1.29, 1.82) is 0 Å². The number of carboxylic acids is 1. The highest BCUT2D eigenvalue weighted by Gasteiger charge is 2.25. The summed E-state index contributed by atoms with van der Waals surface area (Å²) >= 11 is 0. The van der Waals surface area contributed by atoms with Gasteiger partial charge in [-0.05, 0) is 13.8 Å². The predicted octanol–water partition coefficient (Wildman–Crippen LogP) is -0.193. The van der Waals surface area contributed by atoms with Crippen molar-refractivity contribution in [3.63, 3.8) is 0 Å². The summed E-state index contributed by atoms with van der Waals surface area (Å²) in [6.45, 7) is 3.28. The van der Waals surface area contributed by atoms with Gasteiger partial charge >= 0.3 is 18.0 Å². The summed E-state index contributed by atoms with van der Waals surface area (Å²) in [5.74, 6) is -1.55. The Bertz CT molecular complexity index is 356. The zero-order valence-corrected chi connectivity index (χ0v) is 12.0. The van der Waals surface area contributed by atoms with Crippen LogP contribution in [0.4, 0.5) is 4.79 Å². The Morgan fingerprint density at radius 3 is 2.45 bits per heavy atom. The van der Waals surface area contributed by atoms with Gasteiger partial charge in [0.15, 0.2) is 0 Å². The lowest BCUT2D eigenvalue weighted by atomic mass is 10.0. The number of esters is 1. The minimum Gasteiger partial charge on any atom is -0.481 e. The van der Waals surface area contributed by atoms with Crippen molar-refractivity contribution >= 4 is 18.0 Å². The fraction of sp³-hybridized carbons (Fsp3) is 0.750. The number of hydrogen-bond acceptors (Lipinski definition) is 5. The van der Waals surface area contributed by atoms with E-state index in [9.17, 15) is 19.5 Å². The first-order valence-electron chi connectivity index (χ1n) is 6.26. The van der Waals surface area contributed by atoms with Gasteiger partial charge < -0.3 is 25.2 Å². The Labute approximate surface area is 117 Å². The smallest absolute Gasteiger partial charge is 0.317 e. The Morgan fingerprint density at radius 1 is 1.35 bits per heavy atom. The standard InChI is InChI=1S/C12H22N2O6/c1-4-20-10(17)5-6-14(3)11(18)13-8-12(2,19)7-9(15)16/h19H,4-8H2,1-3H3,(H,13,18)(H,15,16). The second-order valence-electron chi connectivity index (χ2n) is 4.70. The fourth-order valence-corrected chi connectivity index (χ4v) is 1.38. The number of urea groups is 1. The molecule has 8 nitrogen and oxygen atoms in total. The summed E-state index contributed by atoms with van der Waals surface area (Å²) in [6.07, 6.45) is -0.400. The minimum absolute atomic E-state index is 0.0727. The van der Waals surface area contributed by atoms with Crippen molar-refractivity contribution in [2.24, 2.45) is 0 Å². The van der Waals surface area contributed by atoms with Crippen LogP contribution in [0, 0.1) is 0 Å². The van der Waals surface area contributed by atoms with Gasteiger partial charge in [-0.25, -0.2) is 4.79 Å². The Kier molecular flexibility index (Phi) is 7.60. The molecule has 0 saturated carbocycles. The summed E-state index contributed by atoms with van der Waals surface area (Å²) in [5, 5.41) is 20.7. The van der Waals surface area contributed by atoms with Crippen molar-refractivity contribution in [3.05, 3.63) is 0 Å².